The first kappa shape index (κ1) is 61.4. The molecule has 0 unspecified atom stereocenters. The Labute approximate surface area is 393 Å². The summed E-state index contributed by atoms with van der Waals surface area (Å²) in [5.41, 5.74) is 0. The molecule has 374 valence electrons. The molecule has 0 spiro atoms. The van der Waals surface area contributed by atoms with Gasteiger partial charge in [0.15, 0.2) is 6.10 Å². The summed E-state index contributed by atoms with van der Waals surface area (Å²) in [7, 11) is 0. The molecule has 0 radical (unpaired) electrons. The second-order valence-corrected chi connectivity index (χ2v) is 20.1. The number of ether oxygens (including phenoxy) is 3. The fraction of sp³-hybridized carbons (Fsp3) is 0.947. The average molecular weight is 892 g/mol. The van der Waals surface area contributed by atoms with Gasteiger partial charge in [-0.15, -0.1) is 0 Å². The third kappa shape index (κ3) is 51.3. The molecule has 0 saturated carbocycles. The van der Waals surface area contributed by atoms with Crippen molar-refractivity contribution < 1.29 is 28.6 Å². The van der Waals surface area contributed by atoms with Crippen molar-refractivity contribution in [2.24, 2.45) is 5.92 Å². The fourth-order valence-corrected chi connectivity index (χ4v) is 8.75. The Kier molecular flexibility index (Phi) is 50.1. The first-order valence-corrected chi connectivity index (χ1v) is 28.4. The Morgan fingerprint density at radius 3 is 0.778 bits per heavy atom. The molecule has 0 aromatic rings. The maximum absolute atomic E-state index is 12.8. The molecule has 1 atom stereocenters. The van der Waals surface area contributed by atoms with Gasteiger partial charge in [0, 0.05) is 19.3 Å². The van der Waals surface area contributed by atoms with E-state index in [1.807, 2.05) is 0 Å². The molecule has 0 N–H and O–H groups in total. The van der Waals surface area contributed by atoms with Crippen LogP contribution in [0.2, 0.25) is 0 Å². The van der Waals surface area contributed by atoms with Crippen molar-refractivity contribution in [1.82, 2.24) is 0 Å². The number of esters is 3. The highest BCUT2D eigenvalue weighted by atomic mass is 16.6. The van der Waals surface area contributed by atoms with Crippen LogP contribution in [0, 0.1) is 5.92 Å². The molecule has 6 heteroatoms. The van der Waals surface area contributed by atoms with Crippen molar-refractivity contribution in [1.29, 1.82) is 0 Å². The molecular weight excluding hydrogens is 781 g/mol. The molecule has 0 rings (SSSR count). The topological polar surface area (TPSA) is 78.9 Å². The first-order valence-electron chi connectivity index (χ1n) is 28.4. The van der Waals surface area contributed by atoms with E-state index in [2.05, 4.69) is 27.7 Å². The van der Waals surface area contributed by atoms with Gasteiger partial charge in [0.25, 0.3) is 0 Å². The highest BCUT2D eigenvalue weighted by molar-refractivity contribution is 5.71. The second kappa shape index (κ2) is 51.4. The maximum atomic E-state index is 12.8. The summed E-state index contributed by atoms with van der Waals surface area (Å²) in [4.78, 5) is 38.1. The Morgan fingerprint density at radius 2 is 0.524 bits per heavy atom. The minimum atomic E-state index is -0.761. The number of hydrogen-bond donors (Lipinski definition) is 0. The summed E-state index contributed by atoms with van der Waals surface area (Å²) in [6.45, 7) is 9.06. The van der Waals surface area contributed by atoms with Crippen LogP contribution in [0.4, 0.5) is 0 Å². The van der Waals surface area contributed by atoms with E-state index in [4.69, 9.17) is 14.2 Å². The van der Waals surface area contributed by atoms with E-state index < -0.39 is 6.10 Å². The molecule has 6 nitrogen and oxygen atoms in total. The molecular formula is C57H110O6. The van der Waals surface area contributed by atoms with Crippen LogP contribution in [0.5, 0.6) is 0 Å². The van der Waals surface area contributed by atoms with Crippen LogP contribution in [-0.4, -0.2) is 37.2 Å². The number of carbonyl (C=O) groups excluding carboxylic acids is 3. The standard InChI is InChI=1S/C57H110O6/c1-5-7-9-11-13-15-17-19-21-25-28-32-36-40-44-48-55(58)61-51-54(63-57(60)50-46-42-38-34-30-24-20-18-16-14-12-10-8-6-2)52-62-56(59)49-45-41-37-33-29-26-22-23-27-31-35-39-43-47-53(3)4/h53-54H,5-52H2,1-4H3/t54-/m0/s1. The molecule has 0 amide bonds. The molecule has 0 aliphatic carbocycles. The van der Waals surface area contributed by atoms with Gasteiger partial charge in [-0.2, -0.15) is 0 Å². The van der Waals surface area contributed by atoms with Crippen molar-refractivity contribution in [2.45, 2.75) is 329 Å². The van der Waals surface area contributed by atoms with Gasteiger partial charge in [-0.3, -0.25) is 14.4 Å². The lowest BCUT2D eigenvalue weighted by atomic mass is 10.0. The Hall–Kier alpha value is -1.59. The molecule has 0 aromatic carbocycles. The van der Waals surface area contributed by atoms with Crippen LogP contribution in [0.15, 0.2) is 0 Å². The van der Waals surface area contributed by atoms with Gasteiger partial charge in [-0.05, 0) is 25.2 Å². The lowest BCUT2D eigenvalue weighted by Gasteiger charge is -2.18. The molecule has 63 heavy (non-hydrogen) atoms. The molecule has 0 aliphatic heterocycles. The van der Waals surface area contributed by atoms with Gasteiger partial charge < -0.3 is 14.2 Å². The monoisotopic (exact) mass is 891 g/mol. The summed E-state index contributed by atoms with van der Waals surface area (Å²) in [5, 5.41) is 0. The van der Waals surface area contributed by atoms with E-state index in [-0.39, 0.29) is 31.1 Å². The van der Waals surface area contributed by atoms with Crippen LogP contribution in [0.1, 0.15) is 323 Å². The van der Waals surface area contributed by atoms with E-state index >= 15 is 0 Å². The number of rotatable bonds is 52. The van der Waals surface area contributed by atoms with Gasteiger partial charge in [0.05, 0.1) is 0 Å². The van der Waals surface area contributed by atoms with Crippen LogP contribution in [0.25, 0.3) is 0 Å². The van der Waals surface area contributed by atoms with Crippen molar-refractivity contribution in [3.63, 3.8) is 0 Å². The second-order valence-electron chi connectivity index (χ2n) is 20.1. The highest BCUT2D eigenvalue weighted by Gasteiger charge is 2.19. The van der Waals surface area contributed by atoms with Crippen molar-refractivity contribution in [3.05, 3.63) is 0 Å². The third-order valence-electron chi connectivity index (χ3n) is 13.0. The van der Waals surface area contributed by atoms with Crippen molar-refractivity contribution in [3.8, 4) is 0 Å². The van der Waals surface area contributed by atoms with E-state index in [0.717, 1.165) is 63.7 Å². The minimum absolute atomic E-state index is 0.0619. The quantitative estimate of drug-likeness (QED) is 0.0344. The van der Waals surface area contributed by atoms with Gasteiger partial charge >= 0.3 is 17.9 Å². The number of unbranched alkanes of at least 4 members (excludes halogenated alkanes) is 39. The fourth-order valence-electron chi connectivity index (χ4n) is 8.75. The number of hydrogen-bond acceptors (Lipinski definition) is 6. The summed E-state index contributed by atoms with van der Waals surface area (Å²) in [6.07, 6.45) is 55.1. The van der Waals surface area contributed by atoms with Gasteiger partial charge in [0.1, 0.15) is 13.2 Å². The lowest BCUT2D eigenvalue weighted by Crippen LogP contribution is -2.30. The Balaban J connectivity index is 4.30. The molecule has 0 aliphatic rings. The summed E-state index contributed by atoms with van der Waals surface area (Å²) in [5.74, 6) is 0.00372. The third-order valence-corrected chi connectivity index (χ3v) is 13.0. The van der Waals surface area contributed by atoms with Crippen molar-refractivity contribution in [2.75, 3.05) is 13.2 Å². The average Bonchev–Trinajstić information content (AvgIpc) is 3.27. The molecule has 0 heterocycles. The summed E-state index contributed by atoms with van der Waals surface area (Å²) >= 11 is 0. The van der Waals surface area contributed by atoms with E-state index in [9.17, 15) is 14.4 Å². The number of carbonyl (C=O) groups is 3. The Bertz CT molecular complexity index is 949. The van der Waals surface area contributed by atoms with Crippen LogP contribution < -0.4 is 0 Å². The summed E-state index contributed by atoms with van der Waals surface area (Å²) < 4.78 is 16.9. The SMILES string of the molecule is CCCCCCCCCCCCCCCCCC(=O)OC[C@@H](COC(=O)CCCCCCCCCCCCCCCC(C)C)OC(=O)CCCCCCCCCCCCCCCC. The lowest BCUT2D eigenvalue weighted by molar-refractivity contribution is -0.167. The molecule has 0 aromatic heterocycles. The molecule has 0 bridgehead atoms. The highest BCUT2D eigenvalue weighted by Crippen LogP contribution is 2.18. The van der Waals surface area contributed by atoms with Gasteiger partial charge in [-0.25, -0.2) is 0 Å². The van der Waals surface area contributed by atoms with Crippen LogP contribution in [-0.2, 0) is 28.6 Å². The zero-order valence-corrected chi connectivity index (χ0v) is 43.0. The minimum Gasteiger partial charge on any atom is -0.462 e. The van der Waals surface area contributed by atoms with Gasteiger partial charge in [0.2, 0.25) is 0 Å². The normalized spacial score (nSPS) is 12.0. The molecule has 0 fully saturated rings. The predicted molar refractivity (Wildman–Crippen MR) is 270 cm³/mol. The van der Waals surface area contributed by atoms with Crippen LogP contribution >= 0.6 is 0 Å². The van der Waals surface area contributed by atoms with Crippen molar-refractivity contribution >= 4 is 17.9 Å². The van der Waals surface area contributed by atoms with E-state index in [1.54, 1.807) is 0 Å². The Morgan fingerprint density at radius 1 is 0.302 bits per heavy atom. The van der Waals surface area contributed by atoms with E-state index in [0.29, 0.717) is 19.3 Å². The summed E-state index contributed by atoms with van der Waals surface area (Å²) in [6, 6.07) is 0. The smallest absolute Gasteiger partial charge is 0.306 e. The zero-order valence-electron chi connectivity index (χ0n) is 43.0. The van der Waals surface area contributed by atoms with Crippen LogP contribution in [0.3, 0.4) is 0 Å². The largest absolute Gasteiger partial charge is 0.462 e. The maximum Gasteiger partial charge on any atom is 0.306 e. The van der Waals surface area contributed by atoms with E-state index in [1.165, 1.54) is 218 Å². The predicted octanol–water partition coefficient (Wildman–Crippen LogP) is 18.6. The zero-order chi connectivity index (χ0) is 45.9. The van der Waals surface area contributed by atoms with Gasteiger partial charge in [-0.1, -0.05) is 285 Å². The molecule has 0 saturated heterocycles. The first-order chi connectivity index (χ1) is 30.9.